The Bertz CT molecular complexity index is 981. The van der Waals surface area contributed by atoms with Crippen LogP contribution in [-0.4, -0.2) is 54.1 Å². The molecule has 1 aliphatic heterocycles. The molecule has 9 nitrogen and oxygen atoms in total. The summed E-state index contributed by atoms with van der Waals surface area (Å²) >= 11 is 0. The number of rotatable bonds is 4. The summed E-state index contributed by atoms with van der Waals surface area (Å²) in [5, 5.41) is 7.92. The van der Waals surface area contributed by atoms with Crippen LogP contribution >= 0.6 is 0 Å². The summed E-state index contributed by atoms with van der Waals surface area (Å²) in [4.78, 5) is 12.1. The maximum Gasteiger partial charge on any atom is 0.470 e. The second-order valence-corrected chi connectivity index (χ2v) is 8.41. The molecule has 2 unspecified atom stereocenters. The van der Waals surface area contributed by atoms with E-state index < -0.39 is 34.0 Å². The van der Waals surface area contributed by atoms with Crippen LogP contribution in [0.5, 0.6) is 0 Å². The number of morpholine rings is 1. The van der Waals surface area contributed by atoms with Gasteiger partial charge in [-0.1, -0.05) is 5.10 Å². The van der Waals surface area contributed by atoms with Gasteiger partial charge >= 0.3 is 18.1 Å². The van der Waals surface area contributed by atoms with E-state index in [1.54, 1.807) is 13.8 Å². The third-order valence-corrected chi connectivity index (χ3v) is 5.87. The predicted molar refractivity (Wildman–Crippen MR) is 92.5 cm³/mol. The monoisotopic (exact) mass is 434 g/mol. The molecule has 1 aromatic heterocycles. The van der Waals surface area contributed by atoms with Gasteiger partial charge < -0.3 is 9.15 Å². The summed E-state index contributed by atoms with van der Waals surface area (Å²) in [5.74, 6) is -2.43. The average molecular weight is 434 g/mol. The molecule has 158 valence electrons. The van der Waals surface area contributed by atoms with Crippen molar-refractivity contribution in [1.29, 1.82) is 0 Å². The molecule has 1 N–H and O–H groups in total. The topological polar surface area (TPSA) is 115 Å². The van der Waals surface area contributed by atoms with Gasteiger partial charge in [-0.25, -0.2) is 8.42 Å². The molecule has 3 rings (SSSR count). The Morgan fingerprint density at radius 3 is 2.24 bits per heavy atom. The molecule has 2 atom stereocenters. The first-order chi connectivity index (χ1) is 13.5. The van der Waals surface area contributed by atoms with Gasteiger partial charge in [0.15, 0.2) is 0 Å². The van der Waals surface area contributed by atoms with Gasteiger partial charge in [-0.3, -0.25) is 10.1 Å². The molecule has 2 heterocycles. The first-order valence-electron chi connectivity index (χ1n) is 8.44. The van der Waals surface area contributed by atoms with Gasteiger partial charge in [0.25, 0.3) is 5.91 Å². The van der Waals surface area contributed by atoms with Gasteiger partial charge in [-0.15, -0.1) is 5.10 Å². The SMILES string of the molecule is CC1CN(S(=O)(=O)c2ccc(C(=O)Nc3nnc(C(F)(F)F)o3)cc2)CC(C)O1. The van der Waals surface area contributed by atoms with Crippen molar-refractivity contribution in [1.82, 2.24) is 14.5 Å². The number of halogens is 3. The number of hydrogen-bond acceptors (Lipinski definition) is 7. The summed E-state index contributed by atoms with van der Waals surface area (Å²) < 4.78 is 74.0. The molecule has 29 heavy (non-hydrogen) atoms. The summed E-state index contributed by atoms with van der Waals surface area (Å²) in [6.07, 6.45) is -5.34. The lowest BCUT2D eigenvalue weighted by atomic mass is 10.2. The van der Waals surface area contributed by atoms with Gasteiger partial charge in [-0.05, 0) is 38.1 Å². The Hall–Kier alpha value is -2.51. The third kappa shape index (κ3) is 4.74. The fourth-order valence-electron chi connectivity index (χ4n) is 2.81. The molecule has 1 saturated heterocycles. The molecule has 0 bridgehead atoms. The Balaban J connectivity index is 1.72. The van der Waals surface area contributed by atoms with Crippen LogP contribution < -0.4 is 5.32 Å². The van der Waals surface area contributed by atoms with Crippen molar-refractivity contribution in [2.75, 3.05) is 18.4 Å². The number of nitrogens with zero attached hydrogens (tertiary/aromatic N) is 3. The highest BCUT2D eigenvalue weighted by Gasteiger charge is 2.38. The molecule has 2 aromatic rings. The number of carbonyl (C=O) groups excluding carboxylic acids is 1. The lowest BCUT2D eigenvalue weighted by molar-refractivity contribution is -0.156. The number of anilines is 1. The molecule has 13 heteroatoms. The summed E-state index contributed by atoms with van der Waals surface area (Å²) in [6, 6.07) is 4.22. The van der Waals surface area contributed by atoms with Crippen LogP contribution in [0.25, 0.3) is 0 Å². The molecule has 1 aliphatic rings. The minimum atomic E-state index is -4.83. The van der Waals surface area contributed by atoms with E-state index in [2.05, 4.69) is 14.6 Å². The Morgan fingerprint density at radius 1 is 1.14 bits per heavy atom. The summed E-state index contributed by atoms with van der Waals surface area (Å²) in [5.41, 5.74) is -0.000535. The molecule has 1 aromatic carbocycles. The first-order valence-corrected chi connectivity index (χ1v) is 9.88. The lowest BCUT2D eigenvalue weighted by Gasteiger charge is -2.34. The number of ether oxygens (including phenoxy) is 1. The normalized spacial score (nSPS) is 21.1. The minimum absolute atomic E-state index is 0.000535. The highest BCUT2D eigenvalue weighted by molar-refractivity contribution is 7.89. The summed E-state index contributed by atoms with van der Waals surface area (Å²) in [7, 11) is -3.79. The van der Waals surface area contributed by atoms with Crippen LogP contribution in [0.15, 0.2) is 33.6 Å². The van der Waals surface area contributed by atoms with Crippen molar-refractivity contribution in [3.63, 3.8) is 0 Å². The lowest BCUT2D eigenvalue weighted by Crippen LogP contribution is -2.48. The van der Waals surface area contributed by atoms with E-state index in [4.69, 9.17) is 4.74 Å². The number of benzene rings is 1. The number of nitrogens with one attached hydrogen (secondary N) is 1. The zero-order valence-electron chi connectivity index (χ0n) is 15.3. The molecule has 0 radical (unpaired) electrons. The van der Waals surface area contributed by atoms with Crippen molar-refractivity contribution in [2.45, 2.75) is 37.1 Å². The zero-order valence-corrected chi connectivity index (χ0v) is 16.1. The van der Waals surface area contributed by atoms with E-state index in [0.29, 0.717) is 0 Å². The van der Waals surface area contributed by atoms with Gasteiger partial charge in [0.1, 0.15) is 0 Å². The van der Waals surface area contributed by atoms with Crippen LogP contribution in [0.4, 0.5) is 19.2 Å². The van der Waals surface area contributed by atoms with E-state index >= 15 is 0 Å². The second-order valence-electron chi connectivity index (χ2n) is 6.47. The summed E-state index contributed by atoms with van der Waals surface area (Å²) in [6.45, 7) is 3.95. The quantitative estimate of drug-likeness (QED) is 0.784. The van der Waals surface area contributed by atoms with Crippen molar-refractivity contribution >= 4 is 21.9 Å². The van der Waals surface area contributed by atoms with Gasteiger partial charge in [0.05, 0.1) is 17.1 Å². The Morgan fingerprint density at radius 2 is 1.72 bits per heavy atom. The predicted octanol–water partition coefficient (Wildman–Crippen LogP) is 2.14. The number of aromatic nitrogens is 2. The number of carbonyl (C=O) groups is 1. The van der Waals surface area contributed by atoms with E-state index in [0.717, 1.165) is 0 Å². The van der Waals surface area contributed by atoms with Crippen LogP contribution in [0.2, 0.25) is 0 Å². The number of sulfonamides is 1. The fourth-order valence-corrected chi connectivity index (χ4v) is 4.40. The molecular weight excluding hydrogens is 417 g/mol. The Kier molecular flexibility index (Phi) is 5.65. The third-order valence-electron chi connectivity index (χ3n) is 4.03. The highest BCUT2D eigenvalue weighted by atomic mass is 32.2. The van der Waals surface area contributed by atoms with Crippen LogP contribution in [0, 0.1) is 0 Å². The van der Waals surface area contributed by atoms with E-state index in [9.17, 15) is 26.4 Å². The van der Waals surface area contributed by atoms with Crippen LogP contribution in [-0.2, 0) is 20.9 Å². The number of alkyl halides is 3. The number of hydrogen-bond donors (Lipinski definition) is 1. The molecular formula is C16H17F3N4O5S. The van der Waals surface area contributed by atoms with Crippen molar-refractivity contribution < 1.29 is 35.5 Å². The first kappa shape index (κ1) is 21.2. The van der Waals surface area contributed by atoms with Crippen molar-refractivity contribution in [3.05, 3.63) is 35.7 Å². The highest BCUT2D eigenvalue weighted by Crippen LogP contribution is 2.29. The largest absolute Gasteiger partial charge is 0.470 e. The van der Waals surface area contributed by atoms with E-state index in [1.807, 2.05) is 5.32 Å². The molecule has 0 saturated carbocycles. The molecule has 0 spiro atoms. The van der Waals surface area contributed by atoms with Gasteiger partial charge in [0.2, 0.25) is 10.0 Å². The van der Waals surface area contributed by atoms with Gasteiger partial charge in [0, 0.05) is 18.7 Å². The van der Waals surface area contributed by atoms with Gasteiger partial charge in [-0.2, -0.15) is 17.5 Å². The Labute approximate surface area is 163 Å². The van der Waals surface area contributed by atoms with Crippen LogP contribution in [0.3, 0.4) is 0 Å². The van der Waals surface area contributed by atoms with Crippen LogP contribution in [0.1, 0.15) is 30.1 Å². The van der Waals surface area contributed by atoms with Crippen molar-refractivity contribution in [3.8, 4) is 0 Å². The standard InChI is InChI=1S/C16H17F3N4O5S/c1-9-7-23(8-10(2)27-9)29(25,26)12-5-3-11(4-6-12)13(24)20-15-22-21-14(28-15)16(17,18)19/h3-6,9-10H,7-8H2,1-2H3,(H,20,22,24). The molecule has 0 aliphatic carbocycles. The molecule has 1 fully saturated rings. The number of amides is 1. The zero-order chi connectivity index (χ0) is 21.4. The maximum absolute atomic E-state index is 12.8. The maximum atomic E-state index is 12.8. The average Bonchev–Trinajstić information content (AvgIpc) is 3.10. The second kappa shape index (κ2) is 7.72. The minimum Gasteiger partial charge on any atom is -0.399 e. The van der Waals surface area contributed by atoms with Crippen molar-refractivity contribution in [2.24, 2.45) is 0 Å². The smallest absolute Gasteiger partial charge is 0.399 e. The molecule has 1 amide bonds. The fraction of sp³-hybridized carbons (Fsp3) is 0.438. The van der Waals surface area contributed by atoms with E-state index in [1.165, 1.54) is 28.6 Å². The van der Waals surface area contributed by atoms with E-state index in [-0.39, 0.29) is 35.8 Å².